The van der Waals surface area contributed by atoms with Gasteiger partial charge in [-0.05, 0) is 51.7 Å². The minimum atomic E-state index is -0.156. The zero-order chi connectivity index (χ0) is 15.9. The van der Waals surface area contributed by atoms with Crippen LogP contribution in [0.3, 0.4) is 0 Å². The second-order valence-corrected chi connectivity index (χ2v) is 6.30. The molecule has 124 valence electrons. The Labute approximate surface area is 132 Å². The standard InChI is InChI=1S/C15H28N6O/c1-12-5-9-21(10-6-12)8-4-7-16-15(22)18-13(2)14-19-17-11-20(14)3/h11-13H,4-10H2,1-3H3,(H2,16,18,22)/t13-/m1/s1. The Bertz CT molecular complexity index is 466. The van der Waals surface area contributed by atoms with Crippen molar-refractivity contribution in [2.45, 2.75) is 39.2 Å². The summed E-state index contributed by atoms with van der Waals surface area (Å²) in [6.07, 6.45) is 5.21. The van der Waals surface area contributed by atoms with E-state index in [-0.39, 0.29) is 12.1 Å². The molecule has 2 heterocycles. The van der Waals surface area contributed by atoms with Gasteiger partial charge in [0.25, 0.3) is 0 Å². The van der Waals surface area contributed by atoms with E-state index in [1.54, 1.807) is 6.33 Å². The van der Waals surface area contributed by atoms with Crippen molar-refractivity contribution in [3.63, 3.8) is 0 Å². The summed E-state index contributed by atoms with van der Waals surface area (Å²) in [5.41, 5.74) is 0. The molecule has 1 atom stereocenters. The van der Waals surface area contributed by atoms with Crippen molar-refractivity contribution in [3.8, 4) is 0 Å². The molecular formula is C15H28N6O. The molecule has 0 saturated carbocycles. The van der Waals surface area contributed by atoms with Crippen LogP contribution in [0.15, 0.2) is 6.33 Å². The van der Waals surface area contributed by atoms with Gasteiger partial charge in [0.15, 0.2) is 5.82 Å². The highest BCUT2D eigenvalue weighted by molar-refractivity contribution is 5.74. The van der Waals surface area contributed by atoms with Gasteiger partial charge in [0.05, 0.1) is 6.04 Å². The third-order valence-corrected chi connectivity index (χ3v) is 4.29. The van der Waals surface area contributed by atoms with Gasteiger partial charge in [-0.15, -0.1) is 10.2 Å². The molecule has 7 heteroatoms. The van der Waals surface area contributed by atoms with Crippen LogP contribution < -0.4 is 10.6 Å². The second kappa shape index (κ2) is 8.12. The van der Waals surface area contributed by atoms with E-state index in [1.807, 2.05) is 18.5 Å². The summed E-state index contributed by atoms with van der Waals surface area (Å²) in [4.78, 5) is 14.3. The Morgan fingerprint density at radius 1 is 1.45 bits per heavy atom. The SMILES string of the molecule is CC1CCN(CCCNC(=O)N[C@H](C)c2nncn2C)CC1. The van der Waals surface area contributed by atoms with Crippen LogP contribution in [0.4, 0.5) is 4.79 Å². The average Bonchev–Trinajstić information content (AvgIpc) is 2.92. The molecule has 1 aromatic heterocycles. The minimum absolute atomic E-state index is 0.150. The number of amides is 2. The molecular weight excluding hydrogens is 280 g/mol. The molecule has 0 aromatic carbocycles. The number of hydrogen-bond donors (Lipinski definition) is 2. The molecule has 1 fully saturated rings. The van der Waals surface area contributed by atoms with Gasteiger partial charge in [0, 0.05) is 13.6 Å². The Morgan fingerprint density at radius 2 is 2.18 bits per heavy atom. The number of nitrogens with one attached hydrogen (secondary N) is 2. The number of rotatable bonds is 6. The van der Waals surface area contributed by atoms with Crippen molar-refractivity contribution in [1.82, 2.24) is 30.3 Å². The lowest BCUT2D eigenvalue weighted by atomic mass is 9.99. The summed E-state index contributed by atoms with van der Waals surface area (Å²) in [5.74, 6) is 1.61. The van der Waals surface area contributed by atoms with E-state index in [0.29, 0.717) is 6.54 Å². The number of piperidine rings is 1. The number of likely N-dealkylation sites (tertiary alicyclic amines) is 1. The van der Waals surface area contributed by atoms with Crippen LogP contribution in [0.5, 0.6) is 0 Å². The molecule has 0 bridgehead atoms. The van der Waals surface area contributed by atoms with Gasteiger partial charge >= 0.3 is 6.03 Å². The van der Waals surface area contributed by atoms with Crippen molar-refractivity contribution in [3.05, 3.63) is 12.2 Å². The number of aromatic nitrogens is 3. The Balaban J connectivity index is 1.59. The lowest BCUT2D eigenvalue weighted by Gasteiger charge is -2.30. The van der Waals surface area contributed by atoms with Crippen LogP contribution in [-0.2, 0) is 7.05 Å². The summed E-state index contributed by atoms with van der Waals surface area (Å²) in [5, 5.41) is 13.6. The molecule has 0 radical (unpaired) electrons. The van der Waals surface area contributed by atoms with Gasteiger partial charge in [0.2, 0.25) is 0 Å². The van der Waals surface area contributed by atoms with Crippen molar-refractivity contribution in [2.75, 3.05) is 26.2 Å². The summed E-state index contributed by atoms with van der Waals surface area (Å²) in [6.45, 7) is 8.36. The average molecular weight is 308 g/mol. The first-order valence-electron chi connectivity index (χ1n) is 8.17. The maximum atomic E-state index is 11.9. The molecule has 0 unspecified atom stereocenters. The summed E-state index contributed by atoms with van der Waals surface area (Å²) in [6, 6.07) is -0.307. The van der Waals surface area contributed by atoms with E-state index in [2.05, 4.69) is 32.7 Å². The molecule has 2 amide bonds. The molecule has 0 aliphatic carbocycles. The highest BCUT2D eigenvalue weighted by atomic mass is 16.2. The molecule has 1 saturated heterocycles. The summed E-state index contributed by atoms with van der Waals surface area (Å²) >= 11 is 0. The first-order chi connectivity index (χ1) is 10.6. The van der Waals surface area contributed by atoms with E-state index >= 15 is 0 Å². The number of urea groups is 1. The van der Waals surface area contributed by atoms with Gasteiger partial charge in [-0.1, -0.05) is 6.92 Å². The first-order valence-corrected chi connectivity index (χ1v) is 8.17. The fourth-order valence-corrected chi connectivity index (χ4v) is 2.79. The second-order valence-electron chi connectivity index (χ2n) is 6.30. The van der Waals surface area contributed by atoms with E-state index in [0.717, 1.165) is 24.7 Å². The van der Waals surface area contributed by atoms with Gasteiger partial charge in [-0.25, -0.2) is 4.79 Å². The summed E-state index contributed by atoms with van der Waals surface area (Å²) in [7, 11) is 1.87. The highest BCUT2D eigenvalue weighted by Crippen LogP contribution is 2.15. The molecule has 2 rings (SSSR count). The fraction of sp³-hybridized carbons (Fsp3) is 0.800. The Hall–Kier alpha value is -1.63. The summed E-state index contributed by atoms with van der Waals surface area (Å²) < 4.78 is 1.81. The molecule has 1 aromatic rings. The minimum Gasteiger partial charge on any atom is -0.338 e. The predicted octanol–water partition coefficient (Wildman–Crippen LogP) is 1.30. The monoisotopic (exact) mass is 308 g/mol. The Kier molecular flexibility index (Phi) is 6.18. The van der Waals surface area contributed by atoms with Crippen LogP contribution in [-0.4, -0.2) is 51.9 Å². The maximum absolute atomic E-state index is 11.9. The van der Waals surface area contributed by atoms with Crippen LogP contribution in [0, 0.1) is 5.92 Å². The van der Waals surface area contributed by atoms with E-state index in [9.17, 15) is 4.79 Å². The topological polar surface area (TPSA) is 75.1 Å². The fourth-order valence-electron chi connectivity index (χ4n) is 2.79. The highest BCUT2D eigenvalue weighted by Gasteiger charge is 2.16. The zero-order valence-corrected chi connectivity index (χ0v) is 13.9. The van der Waals surface area contributed by atoms with Crippen LogP contribution in [0.25, 0.3) is 0 Å². The molecule has 7 nitrogen and oxygen atoms in total. The predicted molar refractivity (Wildman–Crippen MR) is 85.4 cm³/mol. The van der Waals surface area contributed by atoms with Crippen LogP contribution in [0.1, 0.15) is 45.0 Å². The molecule has 2 N–H and O–H groups in total. The van der Waals surface area contributed by atoms with Crippen LogP contribution >= 0.6 is 0 Å². The third-order valence-electron chi connectivity index (χ3n) is 4.29. The molecule has 22 heavy (non-hydrogen) atoms. The van der Waals surface area contributed by atoms with Gasteiger partial charge in [-0.3, -0.25) is 0 Å². The van der Waals surface area contributed by atoms with E-state index in [1.165, 1.54) is 25.9 Å². The lowest BCUT2D eigenvalue weighted by Crippen LogP contribution is -2.40. The van der Waals surface area contributed by atoms with Crippen LogP contribution in [0.2, 0.25) is 0 Å². The van der Waals surface area contributed by atoms with Crippen molar-refractivity contribution in [2.24, 2.45) is 13.0 Å². The van der Waals surface area contributed by atoms with Gasteiger partial charge < -0.3 is 20.1 Å². The third kappa shape index (κ3) is 4.98. The number of hydrogen-bond acceptors (Lipinski definition) is 4. The maximum Gasteiger partial charge on any atom is 0.315 e. The van der Waals surface area contributed by atoms with Gasteiger partial charge in [-0.2, -0.15) is 0 Å². The largest absolute Gasteiger partial charge is 0.338 e. The first kappa shape index (κ1) is 16.7. The van der Waals surface area contributed by atoms with E-state index in [4.69, 9.17) is 0 Å². The van der Waals surface area contributed by atoms with E-state index < -0.39 is 0 Å². The zero-order valence-electron chi connectivity index (χ0n) is 13.9. The molecule has 1 aliphatic heterocycles. The van der Waals surface area contributed by atoms with Crippen molar-refractivity contribution >= 4 is 6.03 Å². The normalized spacial score (nSPS) is 18.1. The van der Waals surface area contributed by atoms with Crippen molar-refractivity contribution < 1.29 is 4.79 Å². The number of carbonyl (C=O) groups excluding carboxylic acids is 1. The smallest absolute Gasteiger partial charge is 0.315 e. The Morgan fingerprint density at radius 3 is 2.82 bits per heavy atom. The van der Waals surface area contributed by atoms with Gasteiger partial charge in [0.1, 0.15) is 6.33 Å². The molecule has 1 aliphatic rings. The number of carbonyl (C=O) groups is 1. The molecule has 0 spiro atoms. The quantitative estimate of drug-likeness (QED) is 0.777. The lowest BCUT2D eigenvalue weighted by molar-refractivity contribution is 0.190. The number of aryl methyl sites for hydroxylation is 1. The number of nitrogens with zero attached hydrogens (tertiary/aromatic N) is 4. The van der Waals surface area contributed by atoms with Crippen molar-refractivity contribution in [1.29, 1.82) is 0 Å².